The Labute approximate surface area is 87.3 Å². The van der Waals surface area contributed by atoms with Gasteiger partial charge in [-0.15, -0.1) is 0 Å². The van der Waals surface area contributed by atoms with E-state index in [1.165, 1.54) is 38.5 Å². The molecular formula is C10H21NO2S. The second-order valence-electron chi connectivity index (χ2n) is 4.11. The molecule has 0 aromatic carbocycles. The van der Waals surface area contributed by atoms with E-state index in [1.807, 2.05) is 0 Å². The molecule has 1 aliphatic carbocycles. The van der Waals surface area contributed by atoms with Crippen LogP contribution in [0, 0.1) is 5.92 Å². The van der Waals surface area contributed by atoms with Crippen LogP contribution in [0.4, 0.5) is 0 Å². The minimum Gasteiger partial charge on any atom is -0.215 e. The largest absolute Gasteiger partial charge is 0.215 e. The van der Waals surface area contributed by atoms with Crippen LogP contribution in [0.5, 0.6) is 0 Å². The third-order valence-corrected chi connectivity index (χ3v) is 4.31. The lowest BCUT2D eigenvalue weighted by Gasteiger charge is -2.14. The maximum Gasteiger partial charge on any atom is 0.211 e. The first-order valence-electron chi connectivity index (χ1n) is 5.61. The minimum absolute atomic E-state index is 0.194. The molecule has 0 heterocycles. The first kappa shape index (κ1) is 12.0. The van der Waals surface area contributed by atoms with Crippen LogP contribution >= 0.6 is 0 Å². The predicted octanol–water partition coefficient (Wildman–Crippen LogP) is 1.90. The number of sulfonamides is 1. The quantitative estimate of drug-likeness (QED) is 0.734. The molecule has 0 amide bonds. The SMILES string of the molecule is CCS(=O)(=O)NCC1CCCCCC1. The number of hydrogen-bond acceptors (Lipinski definition) is 2. The van der Waals surface area contributed by atoms with E-state index in [0.717, 1.165) is 0 Å². The van der Waals surface area contributed by atoms with E-state index >= 15 is 0 Å². The van der Waals surface area contributed by atoms with Gasteiger partial charge >= 0.3 is 0 Å². The summed E-state index contributed by atoms with van der Waals surface area (Å²) in [5.74, 6) is 0.763. The molecule has 1 rings (SSSR count). The van der Waals surface area contributed by atoms with Gasteiger partial charge in [0.1, 0.15) is 0 Å². The zero-order valence-corrected chi connectivity index (χ0v) is 9.78. The van der Waals surface area contributed by atoms with Crippen LogP contribution in [-0.2, 0) is 10.0 Å². The van der Waals surface area contributed by atoms with Gasteiger partial charge in [0, 0.05) is 6.54 Å². The van der Waals surface area contributed by atoms with Crippen molar-refractivity contribution in [3.8, 4) is 0 Å². The van der Waals surface area contributed by atoms with Gasteiger partial charge in [0.2, 0.25) is 10.0 Å². The summed E-state index contributed by atoms with van der Waals surface area (Å²) in [4.78, 5) is 0. The molecule has 3 nitrogen and oxygen atoms in total. The van der Waals surface area contributed by atoms with Gasteiger partial charge in [0.15, 0.2) is 0 Å². The van der Waals surface area contributed by atoms with E-state index in [2.05, 4.69) is 4.72 Å². The Hall–Kier alpha value is -0.0900. The summed E-state index contributed by atoms with van der Waals surface area (Å²) < 4.78 is 25.1. The van der Waals surface area contributed by atoms with Crippen molar-refractivity contribution in [3.05, 3.63) is 0 Å². The summed E-state index contributed by atoms with van der Waals surface area (Å²) in [6.45, 7) is 2.32. The molecule has 0 atom stereocenters. The number of nitrogens with one attached hydrogen (secondary N) is 1. The Bertz CT molecular complexity index is 241. The van der Waals surface area contributed by atoms with Crippen molar-refractivity contribution in [1.29, 1.82) is 0 Å². The maximum absolute atomic E-state index is 11.2. The van der Waals surface area contributed by atoms with Crippen molar-refractivity contribution >= 4 is 10.0 Å². The zero-order chi connectivity index (χ0) is 10.4. The highest BCUT2D eigenvalue weighted by Gasteiger charge is 2.14. The van der Waals surface area contributed by atoms with Crippen molar-refractivity contribution in [3.63, 3.8) is 0 Å². The molecule has 0 radical (unpaired) electrons. The average molecular weight is 219 g/mol. The molecule has 0 saturated heterocycles. The fourth-order valence-corrected chi connectivity index (χ4v) is 2.61. The summed E-state index contributed by atoms with van der Waals surface area (Å²) in [5, 5.41) is 0. The van der Waals surface area contributed by atoms with Crippen LogP contribution in [0.3, 0.4) is 0 Å². The zero-order valence-electron chi connectivity index (χ0n) is 8.96. The lowest BCUT2D eigenvalue weighted by atomic mass is 10.0. The first-order valence-corrected chi connectivity index (χ1v) is 7.26. The summed E-state index contributed by atoms with van der Waals surface area (Å²) >= 11 is 0. The minimum atomic E-state index is -2.98. The van der Waals surface area contributed by atoms with E-state index in [9.17, 15) is 8.42 Å². The molecule has 4 heteroatoms. The molecule has 84 valence electrons. The molecule has 1 saturated carbocycles. The van der Waals surface area contributed by atoms with Gasteiger partial charge in [-0.25, -0.2) is 13.1 Å². The Morgan fingerprint density at radius 3 is 2.21 bits per heavy atom. The first-order chi connectivity index (χ1) is 6.64. The van der Waals surface area contributed by atoms with Gasteiger partial charge in [-0.1, -0.05) is 25.7 Å². The van der Waals surface area contributed by atoms with Crippen molar-refractivity contribution in [1.82, 2.24) is 4.72 Å². The van der Waals surface area contributed by atoms with Gasteiger partial charge in [-0.3, -0.25) is 0 Å². The van der Waals surface area contributed by atoms with Gasteiger partial charge in [-0.2, -0.15) is 0 Å². The predicted molar refractivity (Wildman–Crippen MR) is 58.7 cm³/mol. The van der Waals surface area contributed by atoms with Gasteiger partial charge < -0.3 is 0 Å². The van der Waals surface area contributed by atoms with Crippen LogP contribution in [0.15, 0.2) is 0 Å². The molecule has 0 aliphatic heterocycles. The van der Waals surface area contributed by atoms with Crippen molar-refractivity contribution in [2.24, 2.45) is 5.92 Å². The Balaban J connectivity index is 2.29. The maximum atomic E-state index is 11.2. The lowest BCUT2D eigenvalue weighted by molar-refractivity contribution is 0.451. The number of rotatable bonds is 4. The van der Waals surface area contributed by atoms with Crippen molar-refractivity contribution < 1.29 is 8.42 Å². The highest BCUT2D eigenvalue weighted by atomic mass is 32.2. The van der Waals surface area contributed by atoms with Gasteiger partial charge in [0.05, 0.1) is 5.75 Å². The summed E-state index contributed by atoms with van der Waals surface area (Å²) in [7, 11) is -2.98. The molecule has 0 aromatic heterocycles. The molecule has 0 spiro atoms. The molecule has 0 aromatic rings. The molecule has 14 heavy (non-hydrogen) atoms. The van der Waals surface area contributed by atoms with E-state index < -0.39 is 10.0 Å². The van der Waals surface area contributed by atoms with E-state index in [0.29, 0.717) is 12.5 Å². The van der Waals surface area contributed by atoms with Crippen LogP contribution in [0.2, 0.25) is 0 Å². The second kappa shape index (κ2) is 5.71. The average Bonchev–Trinajstić information content (AvgIpc) is 2.43. The Morgan fingerprint density at radius 1 is 1.14 bits per heavy atom. The second-order valence-corrected chi connectivity index (χ2v) is 6.20. The summed E-state index contributed by atoms with van der Waals surface area (Å²) in [6, 6.07) is 0. The highest BCUT2D eigenvalue weighted by Crippen LogP contribution is 2.22. The van der Waals surface area contributed by atoms with E-state index in [-0.39, 0.29) is 5.75 Å². The fraction of sp³-hybridized carbons (Fsp3) is 1.00. The lowest BCUT2D eigenvalue weighted by Crippen LogP contribution is -2.30. The molecule has 0 unspecified atom stereocenters. The van der Waals surface area contributed by atoms with E-state index in [4.69, 9.17) is 0 Å². The topological polar surface area (TPSA) is 46.2 Å². The third kappa shape index (κ3) is 4.42. The van der Waals surface area contributed by atoms with E-state index in [1.54, 1.807) is 6.92 Å². The summed E-state index contributed by atoms with van der Waals surface area (Å²) in [5.41, 5.74) is 0. The van der Waals surface area contributed by atoms with Gasteiger partial charge in [0.25, 0.3) is 0 Å². The third-order valence-electron chi connectivity index (χ3n) is 2.95. The molecular weight excluding hydrogens is 198 g/mol. The van der Waals surface area contributed by atoms with Crippen LogP contribution in [0.1, 0.15) is 45.4 Å². The highest BCUT2D eigenvalue weighted by molar-refractivity contribution is 7.89. The van der Waals surface area contributed by atoms with Crippen LogP contribution < -0.4 is 4.72 Å². The van der Waals surface area contributed by atoms with Crippen molar-refractivity contribution in [2.45, 2.75) is 45.4 Å². The normalized spacial score (nSPS) is 20.6. The molecule has 0 bridgehead atoms. The standard InChI is InChI=1S/C10H21NO2S/c1-2-14(12,13)11-9-10-7-5-3-4-6-8-10/h10-11H,2-9H2,1H3. The Morgan fingerprint density at radius 2 is 1.71 bits per heavy atom. The van der Waals surface area contributed by atoms with Crippen molar-refractivity contribution in [2.75, 3.05) is 12.3 Å². The summed E-state index contributed by atoms with van der Waals surface area (Å²) in [6.07, 6.45) is 7.53. The van der Waals surface area contributed by atoms with Crippen LogP contribution in [-0.4, -0.2) is 20.7 Å². The smallest absolute Gasteiger partial charge is 0.211 e. The van der Waals surface area contributed by atoms with Gasteiger partial charge in [-0.05, 0) is 25.7 Å². The van der Waals surface area contributed by atoms with Crippen LogP contribution in [0.25, 0.3) is 0 Å². The number of hydrogen-bond donors (Lipinski definition) is 1. The fourth-order valence-electron chi connectivity index (χ4n) is 1.91. The molecule has 1 N–H and O–H groups in total. The Kier molecular flexibility index (Phi) is 4.89. The monoisotopic (exact) mass is 219 g/mol. The molecule has 1 aliphatic rings. The molecule has 1 fully saturated rings.